The van der Waals surface area contributed by atoms with Crippen molar-refractivity contribution in [2.75, 3.05) is 0 Å². The summed E-state index contributed by atoms with van der Waals surface area (Å²) in [5.74, 6) is -0.628. The normalized spacial score (nSPS) is 12.9. The molecule has 0 saturated heterocycles. The van der Waals surface area contributed by atoms with Crippen LogP contribution in [0.4, 0.5) is 17.6 Å². The van der Waals surface area contributed by atoms with Crippen LogP contribution in [0.15, 0.2) is 24.4 Å². The number of nitrogens with zero attached hydrogens (tertiary/aromatic N) is 2. The van der Waals surface area contributed by atoms with Crippen molar-refractivity contribution in [2.45, 2.75) is 18.9 Å². The number of rotatable bonds is 3. The first-order valence-electron chi connectivity index (χ1n) is 7.30. The lowest BCUT2D eigenvalue weighted by Crippen LogP contribution is -2.33. The summed E-state index contributed by atoms with van der Waals surface area (Å²) in [6.45, 7) is 1.62. The molecule has 0 radical (unpaired) electrons. The molecule has 0 fully saturated rings. The maximum atomic E-state index is 14.1. The molecule has 0 atom stereocenters. The minimum atomic E-state index is -5.83. The Balaban J connectivity index is 2.53. The van der Waals surface area contributed by atoms with Crippen molar-refractivity contribution in [3.63, 3.8) is 0 Å². The fourth-order valence-electron chi connectivity index (χ4n) is 2.95. The third-order valence-electron chi connectivity index (χ3n) is 4.05. The summed E-state index contributed by atoms with van der Waals surface area (Å²) in [5.41, 5.74) is -6.28. The van der Waals surface area contributed by atoms with Crippen LogP contribution in [-0.2, 0) is 16.4 Å². The van der Waals surface area contributed by atoms with E-state index in [2.05, 4.69) is 5.10 Å². The molecular weight excluding hydrogens is 379 g/mol. The molecule has 2 N–H and O–H groups in total. The minimum absolute atomic E-state index is 0.0963. The van der Waals surface area contributed by atoms with Gasteiger partial charge in [-0.05, 0) is 34.9 Å². The molecule has 138 valence electrons. The number of halogens is 4. The van der Waals surface area contributed by atoms with Gasteiger partial charge in [-0.3, -0.25) is 0 Å². The monoisotopic (exact) mass is 390 g/mol. The van der Waals surface area contributed by atoms with E-state index in [0.29, 0.717) is 0 Å². The average molecular weight is 390 g/mol. The van der Waals surface area contributed by atoms with E-state index < -0.39 is 34.0 Å². The first-order chi connectivity index (χ1) is 12.0. The van der Waals surface area contributed by atoms with E-state index in [1.54, 1.807) is 6.92 Å². The van der Waals surface area contributed by atoms with Gasteiger partial charge in [0.05, 0.1) is 11.7 Å². The Kier molecular flexibility index (Phi) is 4.24. The zero-order chi connectivity index (χ0) is 19.4. The van der Waals surface area contributed by atoms with Gasteiger partial charge in [-0.1, -0.05) is 13.0 Å². The Labute approximate surface area is 144 Å². The predicted octanol–water partition coefficient (Wildman–Crippen LogP) is 1.27. The first kappa shape index (κ1) is 18.6. The number of benzene rings is 2. The molecule has 0 saturated carbocycles. The largest absolute Gasteiger partial charge is 0.518 e. The van der Waals surface area contributed by atoms with Crippen LogP contribution in [0.1, 0.15) is 12.5 Å². The molecule has 0 aliphatic heterocycles. The van der Waals surface area contributed by atoms with Crippen molar-refractivity contribution < 1.29 is 36.0 Å². The minimum Gasteiger partial charge on any atom is -0.423 e. The lowest BCUT2D eigenvalue weighted by molar-refractivity contribution is -0.0448. The molecule has 3 aromatic rings. The summed E-state index contributed by atoms with van der Waals surface area (Å²) in [4.78, 5) is 0. The molecule has 0 aliphatic carbocycles. The predicted molar refractivity (Wildman–Crippen MR) is 86.8 cm³/mol. The third-order valence-corrected chi connectivity index (χ3v) is 5.38. The van der Waals surface area contributed by atoms with E-state index >= 15 is 0 Å². The van der Waals surface area contributed by atoms with Gasteiger partial charge in [-0.25, -0.2) is 4.39 Å². The number of fused-ring (bicyclic) bond motifs is 2. The van der Waals surface area contributed by atoms with E-state index in [9.17, 15) is 36.0 Å². The molecule has 0 amide bonds. The zero-order valence-electron chi connectivity index (χ0n) is 13.1. The standard InChI is InChI=1S/C14H11BF4N2O4S/c1-2-8-10(16)4-3-7-5-11-9(13(12(7)8)15(22)23)6-20-21(11)26(24,25)14(17,18)19/h3-6,22-23H,2H2,1H3. The molecule has 0 unspecified atom stereocenters. The van der Waals surface area contributed by atoms with Crippen LogP contribution in [0.2, 0.25) is 0 Å². The zero-order valence-corrected chi connectivity index (χ0v) is 13.9. The fraction of sp³-hybridized carbons (Fsp3) is 0.214. The molecule has 2 aromatic carbocycles. The second kappa shape index (κ2) is 5.93. The van der Waals surface area contributed by atoms with Crippen molar-refractivity contribution in [2.24, 2.45) is 0 Å². The van der Waals surface area contributed by atoms with Crippen molar-refractivity contribution >= 4 is 44.3 Å². The van der Waals surface area contributed by atoms with Gasteiger partial charge in [-0.2, -0.15) is 26.7 Å². The Bertz CT molecular complexity index is 1130. The van der Waals surface area contributed by atoms with Gasteiger partial charge in [-0.15, -0.1) is 4.09 Å². The number of aryl methyl sites for hydroxylation is 1. The van der Waals surface area contributed by atoms with E-state index in [0.717, 1.165) is 18.3 Å². The van der Waals surface area contributed by atoms with Crippen LogP contribution in [0.25, 0.3) is 21.7 Å². The maximum absolute atomic E-state index is 14.1. The Morgan fingerprint density at radius 3 is 2.46 bits per heavy atom. The SMILES string of the molecule is CCc1c(F)ccc2cc3c(cnn3S(=O)(=O)C(F)(F)F)c(B(O)O)c12. The molecule has 12 heteroatoms. The molecule has 0 spiro atoms. The molecule has 26 heavy (non-hydrogen) atoms. The third kappa shape index (κ3) is 2.56. The summed E-state index contributed by atoms with van der Waals surface area (Å²) < 4.78 is 75.9. The van der Waals surface area contributed by atoms with Gasteiger partial charge in [0.1, 0.15) is 5.82 Å². The number of alkyl halides is 3. The van der Waals surface area contributed by atoms with Gasteiger partial charge in [0.15, 0.2) is 0 Å². The van der Waals surface area contributed by atoms with Crippen molar-refractivity contribution in [3.05, 3.63) is 35.8 Å². The molecule has 0 aliphatic rings. The molecular formula is C14H11BF4N2O4S. The summed E-state index contributed by atoms with van der Waals surface area (Å²) in [7, 11) is -8.01. The quantitative estimate of drug-likeness (QED) is 0.519. The Morgan fingerprint density at radius 1 is 1.27 bits per heavy atom. The highest BCUT2D eigenvalue weighted by molar-refractivity contribution is 7.90. The number of hydrogen-bond donors (Lipinski definition) is 2. The topological polar surface area (TPSA) is 92.4 Å². The smallest absolute Gasteiger partial charge is 0.423 e. The van der Waals surface area contributed by atoms with Gasteiger partial charge in [0.25, 0.3) is 0 Å². The van der Waals surface area contributed by atoms with Crippen molar-refractivity contribution in [3.8, 4) is 0 Å². The molecule has 3 rings (SSSR count). The maximum Gasteiger partial charge on any atom is 0.518 e. The molecule has 0 bridgehead atoms. The van der Waals surface area contributed by atoms with E-state index in [-0.39, 0.29) is 37.7 Å². The summed E-state index contributed by atoms with van der Waals surface area (Å²) in [5, 5.41) is 22.7. The fourth-order valence-corrected chi connectivity index (χ4v) is 3.72. The average Bonchev–Trinajstić information content (AvgIpc) is 2.95. The van der Waals surface area contributed by atoms with Crippen molar-refractivity contribution in [1.29, 1.82) is 0 Å². The van der Waals surface area contributed by atoms with Gasteiger partial charge < -0.3 is 10.0 Å². The second-order valence-corrected chi connectivity index (χ2v) is 7.27. The number of aromatic nitrogens is 2. The van der Waals surface area contributed by atoms with Crippen LogP contribution in [0, 0.1) is 5.82 Å². The molecule has 1 aromatic heterocycles. The van der Waals surface area contributed by atoms with Crippen LogP contribution < -0.4 is 5.46 Å². The Hall–Kier alpha value is -2.18. The van der Waals surface area contributed by atoms with Crippen LogP contribution in [0.3, 0.4) is 0 Å². The van der Waals surface area contributed by atoms with Crippen LogP contribution >= 0.6 is 0 Å². The van der Waals surface area contributed by atoms with Crippen molar-refractivity contribution in [1.82, 2.24) is 9.19 Å². The lowest BCUT2D eigenvalue weighted by Gasteiger charge is -2.14. The summed E-state index contributed by atoms with van der Waals surface area (Å²) >= 11 is 0. The first-order valence-corrected chi connectivity index (χ1v) is 8.74. The van der Waals surface area contributed by atoms with Gasteiger partial charge in [0, 0.05) is 10.8 Å². The van der Waals surface area contributed by atoms with E-state index in [1.165, 1.54) is 6.07 Å². The van der Waals surface area contributed by atoms with Crippen LogP contribution in [0.5, 0.6) is 0 Å². The number of hydrogen-bond acceptors (Lipinski definition) is 5. The Morgan fingerprint density at radius 2 is 1.92 bits per heavy atom. The highest BCUT2D eigenvalue weighted by Crippen LogP contribution is 2.31. The highest BCUT2D eigenvalue weighted by Gasteiger charge is 2.49. The van der Waals surface area contributed by atoms with E-state index in [4.69, 9.17) is 0 Å². The van der Waals surface area contributed by atoms with E-state index in [1.807, 2.05) is 0 Å². The van der Waals surface area contributed by atoms with Gasteiger partial charge >= 0.3 is 22.7 Å². The molecule has 6 nitrogen and oxygen atoms in total. The summed E-state index contributed by atoms with van der Waals surface area (Å²) in [6.07, 6.45) is 0.945. The molecule has 1 heterocycles. The van der Waals surface area contributed by atoms with Gasteiger partial charge in [0.2, 0.25) is 0 Å². The highest BCUT2D eigenvalue weighted by atomic mass is 32.2. The second-order valence-electron chi connectivity index (χ2n) is 5.51. The van der Waals surface area contributed by atoms with Crippen LogP contribution in [-0.4, -0.2) is 40.3 Å². The summed E-state index contributed by atoms with van der Waals surface area (Å²) in [6, 6.07) is 3.37. The lowest BCUT2D eigenvalue weighted by atomic mass is 9.73.